The number of hydrogen-bond donors (Lipinski definition) is 1. The molecule has 86 valence electrons. The van der Waals surface area contributed by atoms with Crippen LogP contribution >= 0.6 is 22.9 Å². The number of carboxylic acids is 1. The molecule has 0 saturated carbocycles. The molecule has 1 fully saturated rings. The average Bonchev–Trinajstić information content (AvgIpc) is 2.76. The SMILES string of the molecule is O=C(O)C1CCC(=O)N1Cc1ccc(Cl)s1. The molecule has 4 nitrogen and oxygen atoms in total. The molecule has 1 unspecified atom stereocenters. The molecule has 2 heterocycles. The first kappa shape index (κ1) is 11.4. The maximum absolute atomic E-state index is 11.5. The predicted molar refractivity (Wildman–Crippen MR) is 60.5 cm³/mol. The highest BCUT2D eigenvalue weighted by Crippen LogP contribution is 2.27. The lowest BCUT2D eigenvalue weighted by Crippen LogP contribution is -2.37. The second-order valence-corrected chi connectivity index (χ2v) is 5.42. The summed E-state index contributed by atoms with van der Waals surface area (Å²) in [5, 5.41) is 8.97. The zero-order valence-electron chi connectivity index (χ0n) is 8.35. The summed E-state index contributed by atoms with van der Waals surface area (Å²) >= 11 is 7.15. The number of carbonyl (C=O) groups is 2. The van der Waals surface area contributed by atoms with Crippen LogP contribution in [0, 0.1) is 0 Å². The van der Waals surface area contributed by atoms with Crippen LogP contribution in [0.1, 0.15) is 17.7 Å². The molecule has 1 aliphatic rings. The van der Waals surface area contributed by atoms with Crippen LogP contribution in [0.2, 0.25) is 4.34 Å². The molecule has 16 heavy (non-hydrogen) atoms. The van der Waals surface area contributed by atoms with Gasteiger partial charge in [-0.3, -0.25) is 4.79 Å². The lowest BCUT2D eigenvalue weighted by Gasteiger charge is -2.20. The fourth-order valence-electron chi connectivity index (χ4n) is 1.79. The van der Waals surface area contributed by atoms with Crippen LogP contribution in [0.5, 0.6) is 0 Å². The molecule has 1 aliphatic heterocycles. The van der Waals surface area contributed by atoms with E-state index < -0.39 is 12.0 Å². The first-order valence-corrected chi connectivity index (χ1v) is 6.04. The quantitative estimate of drug-likeness (QED) is 0.903. The Bertz CT molecular complexity index is 431. The van der Waals surface area contributed by atoms with E-state index >= 15 is 0 Å². The lowest BCUT2D eigenvalue weighted by atomic mass is 10.2. The lowest BCUT2D eigenvalue weighted by molar-refractivity contribution is -0.146. The third kappa shape index (κ3) is 2.20. The van der Waals surface area contributed by atoms with Gasteiger partial charge in [-0.05, 0) is 18.6 Å². The van der Waals surface area contributed by atoms with Crippen molar-refractivity contribution in [2.75, 3.05) is 0 Å². The minimum absolute atomic E-state index is 0.100. The first-order chi connectivity index (χ1) is 7.58. The monoisotopic (exact) mass is 259 g/mol. The Labute approximate surface area is 101 Å². The van der Waals surface area contributed by atoms with Crippen LogP contribution in [-0.2, 0) is 16.1 Å². The second kappa shape index (κ2) is 4.43. The fourth-order valence-corrected chi connectivity index (χ4v) is 2.88. The van der Waals surface area contributed by atoms with E-state index in [1.54, 1.807) is 6.07 Å². The number of rotatable bonds is 3. The molecule has 0 aliphatic carbocycles. The minimum atomic E-state index is -0.937. The van der Waals surface area contributed by atoms with Gasteiger partial charge in [0.2, 0.25) is 5.91 Å². The van der Waals surface area contributed by atoms with Crippen LogP contribution < -0.4 is 0 Å². The topological polar surface area (TPSA) is 57.6 Å². The molecule has 0 bridgehead atoms. The molecular formula is C10H10ClNO3S. The third-order valence-electron chi connectivity index (χ3n) is 2.57. The van der Waals surface area contributed by atoms with Gasteiger partial charge >= 0.3 is 5.97 Å². The van der Waals surface area contributed by atoms with Crippen molar-refractivity contribution in [3.8, 4) is 0 Å². The summed E-state index contributed by atoms with van der Waals surface area (Å²) in [4.78, 5) is 24.8. The van der Waals surface area contributed by atoms with Gasteiger partial charge in [0.15, 0.2) is 0 Å². The van der Waals surface area contributed by atoms with Gasteiger partial charge in [0.1, 0.15) is 6.04 Å². The van der Waals surface area contributed by atoms with Crippen molar-refractivity contribution in [1.29, 1.82) is 0 Å². The Hall–Kier alpha value is -1.07. The van der Waals surface area contributed by atoms with Crippen molar-refractivity contribution in [2.24, 2.45) is 0 Å². The van der Waals surface area contributed by atoms with E-state index in [-0.39, 0.29) is 5.91 Å². The number of halogens is 1. The van der Waals surface area contributed by atoms with E-state index in [0.717, 1.165) is 4.88 Å². The number of amides is 1. The molecule has 1 atom stereocenters. The molecule has 0 aromatic carbocycles. The largest absolute Gasteiger partial charge is 0.480 e. The minimum Gasteiger partial charge on any atom is -0.480 e. The summed E-state index contributed by atoms with van der Waals surface area (Å²) in [6.45, 7) is 0.340. The number of thiophene rings is 1. The Morgan fingerprint density at radius 3 is 2.94 bits per heavy atom. The Balaban J connectivity index is 2.12. The van der Waals surface area contributed by atoms with Crippen molar-refractivity contribution >= 4 is 34.8 Å². The summed E-state index contributed by atoms with van der Waals surface area (Å²) in [5.74, 6) is -1.04. The predicted octanol–water partition coefficient (Wildman–Crippen LogP) is 1.98. The molecule has 2 rings (SSSR count). The van der Waals surface area contributed by atoms with Gasteiger partial charge in [0.25, 0.3) is 0 Å². The average molecular weight is 260 g/mol. The number of carboxylic acid groups (broad SMARTS) is 1. The maximum atomic E-state index is 11.5. The summed E-state index contributed by atoms with van der Waals surface area (Å²) in [6.07, 6.45) is 0.712. The van der Waals surface area contributed by atoms with E-state index in [1.807, 2.05) is 6.07 Å². The second-order valence-electron chi connectivity index (χ2n) is 3.62. The standard InChI is InChI=1S/C10H10ClNO3S/c11-8-3-1-6(16-8)5-12-7(10(14)15)2-4-9(12)13/h1,3,7H,2,4-5H2,(H,14,15). The van der Waals surface area contributed by atoms with Crippen LogP contribution in [0.25, 0.3) is 0 Å². The maximum Gasteiger partial charge on any atom is 0.326 e. The summed E-state index contributed by atoms with van der Waals surface area (Å²) in [6, 6.07) is 2.88. The van der Waals surface area contributed by atoms with Gasteiger partial charge in [0.05, 0.1) is 10.9 Å². The number of nitrogens with zero attached hydrogens (tertiary/aromatic N) is 1. The van der Waals surface area contributed by atoms with Crippen LogP contribution in [0.3, 0.4) is 0 Å². The highest BCUT2D eigenvalue weighted by Gasteiger charge is 2.35. The zero-order chi connectivity index (χ0) is 11.7. The number of carbonyl (C=O) groups excluding carboxylic acids is 1. The first-order valence-electron chi connectivity index (χ1n) is 4.84. The molecule has 0 radical (unpaired) electrons. The molecule has 1 aromatic rings. The van der Waals surface area contributed by atoms with Gasteiger partial charge < -0.3 is 10.0 Å². The number of hydrogen-bond acceptors (Lipinski definition) is 3. The van der Waals surface area contributed by atoms with E-state index in [9.17, 15) is 9.59 Å². The van der Waals surface area contributed by atoms with Gasteiger partial charge in [-0.2, -0.15) is 0 Å². The van der Waals surface area contributed by atoms with Crippen molar-refractivity contribution in [1.82, 2.24) is 4.90 Å². The number of likely N-dealkylation sites (tertiary alicyclic amines) is 1. The molecule has 1 aromatic heterocycles. The molecule has 0 spiro atoms. The van der Waals surface area contributed by atoms with Gasteiger partial charge in [-0.25, -0.2) is 4.79 Å². The van der Waals surface area contributed by atoms with Gasteiger partial charge in [0, 0.05) is 11.3 Å². The van der Waals surface area contributed by atoms with Crippen molar-refractivity contribution in [3.63, 3.8) is 0 Å². The van der Waals surface area contributed by atoms with Crippen molar-refractivity contribution in [2.45, 2.75) is 25.4 Å². The highest BCUT2D eigenvalue weighted by molar-refractivity contribution is 7.16. The smallest absolute Gasteiger partial charge is 0.326 e. The normalized spacial score (nSPS) is 20.4. The summed E-state index contributed by atoms with van der Waals surface area (Å²) in [7, 11) is 0. The van der Waals surface area contributed by atoms with Crippen molar-refractivity contribution < 1.29 is 14.7 Å². The van der Waals surface area contributed by atoms with E-state index in [4.69, 9.17) is 16.7 Å². The molecule has 6 heteroatoms. The van der Waals surface area contributed by atoms with Crippen LogP contribution in [-0.4, -0.2) is 27.9 Å². The van der Waals surface area contributed by atoms with E-state index in [1.165, 1.54) is 16.2 Å². The van der Waals surface area contributed by atoms with E-state index in [0.29, 0.717) is 23.7 Å². The fraction of sp³-hybridized carbons (Fsp3) is 0.400. The molecule has 1 N–H and O–H groups in total. The highest BCUT2D eigenvalue weighted by atomic mass is 35.5. The Kier molecular flexibility index (Phi) is 3.16. The van der Waals surface area contributed by atoms with E-state index in [2.05, 4.69) is 0 Å². The molecule has 1 amide bonds. The van der Waals surface area contributed by atoms with Crippen molar-refractivity contribution in [3.05, 3.63) is 21.3 Å². The molecule has 1 saturated heterocycles. The molecular weight excluding hydrogens is 250 g/mol. The van der Waals surface area contributed by atoms with Gasteiger partial charge in [-0.1, -0.05) is 11.6 Å². The Morgan fingerprint density at radius 2 is 2.38 bits per heavy atom. The number of aliphatic carboxylic acids is 1. The third-order valence-corrected chi connectivity index (χ3v) is 3.78. The Morgan fingerprint density at radius 1 is 1.62 bits per heavy atom. The summed E-state index contributed by atoms with van der Waals surface area (Å²) in [5.41, 5.74) is 0. The van der Waals surface area contributed by atoms with Crippen LogP contribution in [0.15, 0.2) is 12.1 Å². The zero-order valence-corrected chi connectivity index (χ0v) is 9.92. The summed E-state index contributed by atoms with van der Waals surface area (Å²) < 4.78 is 0.647. The van der Waals surface area contributed by atoms with Crippen LogP contribution in [0.4, 0.5) is 0 Å². The van der Waals surface area contributed by atoms with Gasteiger partial charge in [-0.15, -0.1) is 11.3 Å².